The molecular formula is C14H30N+. The van der Waals surface area contributed by atoms with Gasteiger partial charge in [-0.2, -0.15) is 0 Å². The van der Waals surface area contributed by atoms with Crippen LogP contribution in [0.4, 0.5) is 0 Å². The molecule has 15 heavy (non-hydrogen) atoms. The Morgan fingerprint density at radius 3 is 2.47 bits per heavy atom. The van der Waals surface area contributed by atoms with Gasteiger partial charge in [0.15, 0.2) is 0 Å². The largest absolute Gasteiger partial charge is 0.324 e. The zero-order valence-electron chi connectivity index (χ0n) is 11.3. The molecule has 0 aromatic rings. The van der Waals surface area contributed by atoms with Crippen molar-refractivity contribution in [3.8, 4) is 0 Å². The van der Waals surface area contributed by atoms with Crippen LogP contribution < -0.4 is 0 Å². The molecule has 0 amide bonds. The summed E-state index contributed by atoms with van der Waals surface area (Å²) in [7, 11) is 2.47. The molecule has 0 aromatic heterocycles. The van der Waals surface area contributed by atoms with Crippen LogP contribution in [-0.4, -0.2) is 30.7 Å². The lowest BCUT2D eigenvalue weighted by atomic mass is 9.89. The maximum atomic E-state index is 2.47. The smallest absolute Gasteiger partial charge is 0.0859 e. The molecule has 1 saturated heterocycles. The van der Waals surface area contributed by atoms with Crippen molar-refractivity contribution in [3.63, 3.8) is 0 Å². The van der Waals surface area contributed by atoms with E-state index in [9.17, 15) is 0 Å². The van der Waals surface area contributed by atoms with E-state index in [1.54, 1.807) is 0 Å². The first-order valence-electron chi connectivity index (χ1n) is 6.96. The van der Waals surface area contributed by atoms with Crippen molar-refractivity contribution in [2.24, 2.45) is 5.92 Å². The molecule has 0 spiro atoms. The van der Waals surface area contributed by atoms with Gasteiger partial charge in [0.05, 0.1) is 26.2 Å². The van der Waals surface area contributed by atoms with E-state index < -0.39 is 0 Å². The molecule has 0 saturated carbocycles. The van der Waals surface area contributed by atoms with Gasteiger partial charge < -0.3 is 4.48 Å². The van der Waals surface area contributed by atoms with Gasteiger partial charge in [-0.3, -0.25) is 0 Å². The number of nitrogens with zero attached hydrogens (tertiary/aromatic N) is 1. The standard InChI is InChI=1S/C14H30N/c1-5-11-15(4)12-7-8-14(6-2)10-9-13(15)3/h13-14H,5-12H2,1-4H3/q+1. The fraction of sp³-hybridized carbons (Fsp3) is 1.00. The van der Waals surface area contributed by atoms with Crippen LogP contribution in [0.3, 0.4) is 0 Å². The highest BCUT2D eigenvalue weighted by atomic mass is 15.3. The summed E-state index contributed by atoms with van der Waals surface area (Å²) >= 11 is 0. The van der Waals surface area contributed by atoms with E-state index in [0.29, 0.717) is 0 Å². The van der Waals surface area contributed by atoms with E-state index in [1.807, 2.05) is 0 Å². The molecule has 1 nitrogen and oxygen atoms in total. The fourth-order valence-corrected chi connectivity index (χ4v) is 3.15. The Bertz CT molecular complexity index is 178. The topological polar surface area (TPSA) is 0 Å². The van der Waals surface area contributed by atoms with Crippen LogP contribution in [0.25, 0.3) is 0 Å². The molecule has 1 aliphatic rings. The van der Waals surface area contributed by atoms with Gasteiger partial charge in [0.2, 0.25) is 0 Å². The highest BCUT2D eigenvalue weighted by molar-refractivity contribution is 4.65. The molecule has 1 heterocycles. The van der Waals surface area contributed by atoms with Crippen molar-refractivity contribution >= 4 is 0 Å². The first-order chi connectivity index (χ1) is 7.12. The Morgan fingerprint density at radius 1 is 1.13 bits per heavy atom. The summed E-state index contributed by atoms with van der Waals surface area (Å²) in [5, 5.41) is 0. The summed E-state index contributed by atoms with van der Waals surface area (Å²) in [5.41, 5.74) is 0. The maximum Gasteiger partial charge on any atom is 0.0859 e. The average molecular weight is 212 g/mol. The minimum Gasteiger partial charge on any atom is -0.324 e. The third-order valence-corrected chi connectivity index (χ3v) is 4.65. The summed E-state index contributed by atoms with van der Waals surface area (Å²) in [6.45, 7) is 9.93. The zero-order valence-corrected chi connectivity index (χ0v) is 11.3. The Labute approximate surface area is 96.4 Å². The van der Waals surface area contributed by atoms with Crippen molar-refractivity contribution in [3.05, 3.63) is 0 Å². The molecule has 1 fully saturated rings. The quantitative estimate of drug-likeness (QED) is 0.624. The third-order valence-electron chi connectivity index (χ3n) is 4.65. The van der Waals surface area contributed by atoms with E-state index in [1.165, 1.54) is 56.1 Å². The molecule has 1 rings (SSSR count). The lowest BCUT2D eigenvalue weighted by molar-refractivity contribution is -0.932. The summed E-state index contributed by atoms with van der Waals surface area (Å²) in [6, 6.07) is 0.874. The highest BCUT2D eigenvalue weighted by Gasteiger charge is 2.30. The molecule has 0 radical (unpaired) electrons. The van der Waals surface area contributed by atoms with Crippen molar-refractivity contribution in [2.75, 3.05) is 20.1 Å². The van der Waals surface area contributed by atoms with Crippen molar-refractivity contribution in [2.45, 2.75) is 65.3 Å². The second-order valence-corrected chi connectivity index (χ2v) is 5.77. The Balaban J connectivity index is 2.55. The van der Waals surface area contributed by atoms with Gasteiger partial charge in [-0.25, -0.2) is 0 Å². The Morgan fingerprint density at radius 2 is 1.87 bits per heavy atom. The SMILES string of the molecule is CCC[N+]1(C)CCCC(CC)CCC1C. The minimum atomic E-state index is 0.874. The minimum absolute atomic E-state index is 0.874. The zero-order chi connectivity index (χ0) is 11.3. The molecule has 0 aliphatic carbocycles. The van der Waals surface area contributed by atoms with Crippen molar-refractivity contribution in [1.29, 1.82) is 0 Å². The van der Waals surface area contributed by atoms with Crippen LogP contribution in [0.15, 0.2) is 0 Å². The predicted octanol–water partition coefficient (Wildman–Crippen LogP) is 3.83. The Kier molecular flexibility index (Phi) is 5.11. The fourth-order valence-electron chi connectivity index (χ4n) is 3.15. The molecule has 1 heteroatoms. The van der Waals surface area contributed by atoms with Crippen LogP contribution in [-0.2, 0) is 0 Å². The molecule has 3 atom stereocenters. The van der Waals surface area contributed by atoms with E-state index in [2.05, 4.69) is 27.8 Å². The van der Waals surface area contributed by atoms with Crippen molar-refractivity contribution in [1.82, 2.24) is 0 Å². The van der Waals surface area contributed by atoms with Gasteiger partial charge in [-0.15, -0.1) is 0 Å². The van der Waals surface area contributed by atoms with Gasteiger partial charge in [0.25, 0.3) is 0 Å². The van der Waals surface area contributed by atoms with Gasteiger partial charge in [0, 0.05) is 0 Å². The number of hydrogen-bond donors (Lipinski definition) is 0. The predicted molar refractivity (Wildman–Crippen MR) is 67.9 cm³/mol. The first-order valence-corrected chi connectivity index (χ1v) is 6.96. The third kappa shape index (κ3) is 3.48. The summed E-state index contributed by atoms with van der Waals surface area (Å²) in [5.74, 6) is 1.02. The second kappa shape index (κ2) is 5.89. The summed E-state index contributed by atoms with van der Waals surface area (Å²) < 4.78 is 1.33. The first kappa shape index (κ1) is 13.0. The molecule has 0 N–H and O–H groups in total. The Hall–Kier alpha value is -0.0400. The van der Waals surface area contributed by atoms with Gasteiger partial charge in [-0.05, 0) is 44.9 Å². The molecule has 90 valence electrons. The molecule has 0 bridgehead atoms. The van der Waals surface area contributed by atoms with E-state index in [4.69, 9.17) is 0 Å². The van der Waals surface area contributed by atoms with Gasteiger partial charge in [0.1, 0.15) is 0 Å². The van der Waals surface area contributed by atoms with Gasteiger partial charge >= 0.3 is 0 Å². The van der Waals surface area contributed by atoms with E-state index >= 15 is 0 Å². The van der Waals surface area contributed by atoms with Crippen LogP contribution in [0.5, 0.6) is 0 Å². The summed E-state index contributed by atoms with van der Waals surface area (Å²) in [6.07, 6.45) is 8.55. The average Bonchev–Trinajstić information content (AvgIpc) is 2.21. The van der Waals surface area contributed by atoms with Crippen LogP contribution in [0.2, 0.25) is 0 Å². The molecule has 3 unspecified atom stereocenters. The monoisotopic (exact) mass is 212 g/mol. The maximum absolute atomic E-state index is 2.47. The van der Waals surface area contributed by atoms with Crippen molar-refractivity contribution < 1.29 is 4.48 Å². The number of rotatable bonds is 3. The molecule has 0 aromatic carbocycles. The summed E-state index contributed by atoms with van der Waals surface area (Å²) in [4.78, 5) is 0. The highest BCUT2D eigenvalue weighted by Crippen LogP contribution is 2.27. The van der Waals surface area contributed by atoms with Gasteiger partial charge in [-0.1, -0.05) is 20.3 Å². The number of likely N-dealkylation sites (tertiary alicyclic amines) is 1. The normalized spacial score (nSPS) is 38.4. The number of quaternary nitrogens is 1. The second-order valence-electron chi connectivity index (χ2n) is 5.77. The molecule has 1 aliphatic heterocycles. The lowest BCUT2D eigenvalue weighted by Crippen LogP contribution is -2.52. The molecular weight excluding hydrogens is 182 g/mol. The van der Waals surface area contributed by atoms with E-state index in [-0.39, 0.29) is 0 Å². The van der Waals surface area contributed by atoms with Crippen LogP contribution in [0, 0.1) is 5.92 Å². The number of hydrogen-bond acceptors (Lipinski definition) is 0. The lowest BCUT2D eigenvalue weighted by Gasteiger charge is -2.42. The van der Waals surface area contributed by atoms with Crippen LogP contribution >= 0.6 is 0 Å². The van der Waals surface area contributed by atoms with Crippen LogP contribution in [0.1, 0.15) is 59.3 Å². The van der Waals surface area contributed by atoms with E-state index in [0.717, 1.165) is 12.0 Å².